The molecule has 0 unspecified atom stereocenters. The fraction of sp³-hybridized carbons (Fsp3) is 0.0435. The Morgan fingerprint density at radius 1 is 1.11 bits per heavy atom. The molecule has 0 atom stereocenters. The molecule has 0 fully saturated rings. The van der Waals surface area contributed by atoms with Crippen LogP contribution < -0.4 is 10.2 Å². The van der Waals surface area contributed by atoms with Gasteiger partial charge < -0.3 is 9.15 Å². The van der Waals surface area contributed by atoms with E-state index in [9.17, 15) is 4.79 Å². The number of nitrogens with one attached hydrogen (secondary N) is 1. The molecule has 0 bridgehead atoms. The van der Waals surface area contributed by atoms with Gasteiger partial charge in [-0.05, 0) is 40.6 Å². The summed E-state index contributed by atoms with van der Waals surface area (Å²) in [6, 6.07) is 20.8. The highest BCUT2D eigenvalue weighted by molar-refractivity contribution is 6.08. The SMILES string of the molecule is C#CCOc1cccc(/C=N\NC(=O)c2cc3c(ccc4ccccc43)o2)c1. The van der Waals surface area contributed by atoms with Crippen molar-refractivity contribution in [3.63, 3.8) is 0 Å². The van der Waals surface area contributed by atoms with Crippen molar-refractivity contribution in [1.82, 2.24) is 5.43 Å². The molecule has 28 heavy (non-hydrogen) atoms. The quantitative estimate of drug-likeness (QED) is 0.323. The average Bonchev–Trinajstić information content (AvgIpc) is 3.17. The Hall–Kier alpha value is -4.04. The van der Waals surface area contributed by atoms with Crippen molar-refractivity contribution in [2.75, 3.05) is 6.61 Å². The molecule has 1 heterocycles. The van der Waals surface area contributed by atoms with Gasteiger partial charge in [-0.25, -0.2) is 5.43 Å². The number of terminal acetylenes is 1. The molecular weight excluding hydrogens is 352 g/mol. The third-order valence-corrected chi connectivity index (χ3v) is 4.21. The van der Waals surface area contributed by atoms with Crippen LogP contribution in [0.25, 0.3) is 21.7 Å². The van der Waals surface area contributed by atoms with Crippen molar-refractivity contribution in [2.24, 2.45) is 5.10 Å². The Kier molecular flexibility index (Phi) is 4.77. The van der Waals surface area contributed by atoms with Crippen molar-refractivity contribution in [2.45, 2.75) is 0 Å². The highest BCUT2D eigenvalue weighted by Gasteiger charge is 2.13. The molecule has 0 saturated carbocycles. The number of hydrogen-bond donors (Lipinski definition) is 1. The molecule has 5 nitrogen and oxygen atoms in total. The van der Waals surface area contributed by atoms with Crippen LogP contribution in [0.3, 0.4) is 0 Å². The average molecular weight is 368 g/mol. The fourth-order valence-electron chi connectivity index (χ4n) is 2.93. The van der Waals surface area contributed by atoms with Crippen LogP contribution in [-0.4, -0.2) is 18.7 Å². The molecule has 4 rings (SSSR count). The second-order valence-electron chi connectivity index (χ2n) is 6.07. The first kappa shape index (κ1) is 17.4. The molecule has 0 aliphatic carbocycles. The predicted octanol–water partition coefficient (Wildman–Crippen LogP) is 4.36. The van der Waals surface area contributed by atoms with Crippen LogP contribution in [0.2, 0.25) is 0 Å². The lowest BCUT2D eigenvalue weighted by Gasteiger charge is -2.02. The number of carbonyl (C=O) groups excluding carboxylic acids is 1. The van der Waals surface area contributed by atoms with E-state index in [4.69, 9.17) is 15.6 Å². The molecule has 136 valence electrons. The molecule has 1 N–H and O–H groups in total. The number of furan rings is 1. The zero-order valence-corrected chi connectivity index (χ0v) is 14.9. The minimum atomic E-state index is -0.420. The Bertz CT molecular complexity index is 1230. The summed E-state index contributed by atoms with van der Waals surface area (Å²) in [6.07, 6.45) is 6.71. The summed E-state index contributed by atoms with van der Waals surface area (Å²) in [5, 5.41) is 7.01. The predicted molar refractivity (Wildman–Crippen MR) is 110 cm³/mol. The standard InChI is InChI=1S/C23H16N2O3/c1-2-12-27-18-8-5-6-16(13-18)15-24-25-23(26)22-14-20-19-9-4-3-7-17(19)10-11-21(20)28-22/h1,3-11,13-15H,12H2,(H,25,26)/b24-15-. The van der Waals surface area contributed by atoms with E-state index in [1.165, 1.54) is 6.21 Å². The van der Waals surface area contributed by atoms with E-state index >= 15 is 0 Å². The summed E-state index contributed by atoms with van der Waals surface area (Å²) >= 11 is 0. The van der Waals surface area contributed by atoms with Gasteiger partial charge in [-0.3, -0.25) is 4.79 Å². The normalized spacial score (nSPS) is 11.0. The van der Waals surface area contributed by atoms with Gasteiger partial charge in [-0.1, -0.05) is 48.4 Å². The van der Waals surface area contributed by atoms with E-state index in [2.05, 4.69) is 16.4 Å². The van der Waals surface area contributed by atoms with E-state index in [1.54, 1.807) is 18.2 Å². The second-order valence-corrected chi connectivity index (χ2v) is 6.07. The number of fused-ring (bicyclic) bond motifs is 3. The van der Waals surface area contributed by atoms with Gasteiger partial charge in [-0.2, -0.15) is 5.10 Å². The monoisotopic (exact) mass is 368 g/mol. The zero-order valence-electron chi connectivity index (χ0n) is 14.9. The lowest BCUT2D eigenvalue weighted by molar-refractivity contribution is 0.0929. The minimum absolute atomic E-state index is 0.193. The van der Waals surface area contributed by atoms with Crippen LogP contribution in [0.5, 0.6) is 5.75 Å². The lowest BCUT2D eigenvalue weighted by Crippen LogP contribution is -2.16. The molecule has 0 aliphatic heterocycles. The maximum absolute atomic E-state index is 12.4. The maximum Gasteiger partial charge on any atom is 0.307 e. The summed E-state index contributed by atoms with van der Waals surface area (Å²) in [5.41, 5.74) is 3.91. The Morgan fingerprint density at radius 3 is 2.89 bits per heavy atom. The van der Waals surface area contributed by atoms with Crippen LogP contribution in [0.15, 0.2) is 76.2 Å². The van der Waals surface area contributed by atoms with Gasteiger partial charge in [0, 0.05) is 5.39 Å². The summed E-state index contributed by atoms with van der Waals surface area (Å²) in [6.45, 7) is 0.193. The first-order valence-electron chi connectivity index (χ1n) is 8.65. The van der Waals surface area contributed by atoms with E-state index in [1.807, 2.05) is 48.5 Å². The van der Waals surface area contributed by atoms with E-state index in [0.717, 1.165) is 21.7 Å². The molecular formula is C23H16N2O3. The topological polar surface area (TPSA) is 63.8 Å². The number of benzene rings is 3. The van der Waals surface area contributed by atoms with Gasteiger partial charge in [0.05, 0.1) is 6.21 Å². The molecule has 1 amide bonds. The van der Waals surface area contributed by atoms with Crippen LogP contribution in [-0.2, 0) is 0 Å². The summed E-state index contributed by atoms with van der Waals surface area (Å²) in [7, 11) is 0. The first-order chi connectivity index (χ1) is 13.7. The zero-order chi connectivity index (χ0) is 19.3. The van der Waals surface area contributed by atoms with Crippen molar-refractivity contribution >= 4 is 33.9 Å². The van der Waals surface area contributed by atoms with Crippen LogP contribution in [0.4, 0.5) is 0 Å². The van der Waals surface area contributed by atoms with Crippen molar-refractivity contribution in [3.8, 4) is 18.1 Å². The Balaban J connectivity index is 1.50. The van der Waals surface area contributed by atoms with Crippen LogP contribution in [0.1, 0.15) is 16.1 Å². The largest absolute Gasteiger partial charge is 0.481 e. The van der Waals surface area contributed by atoms with Gasteiger partial charge in [-0.15, -0.1) is 6.42 Å². The maximum atomic E-state index is 12.4. The van der Waals surface area contributed by atoms with Gasteiger partial charge in [0.2, 0.25) is 0 Å². The molecule has 4 aromatic rings. The van der Waals surface area contributed by atoms with E-state index < -0.39 is 5.91 Å². The minimum Gasteiger partial charge on any atom is -0.481 e. The lowest BCUT2D eigenvalue weighted by atomic mass is 10.1. The highest BCUT2D eigenvalue weighted by atomic mass is 16.5. The number of hydrazone groups is 1. The van der Waals surface area contributed by atoms with Gasteiger partial charge in [0.25, 0.3) is 0 Å². The number of hydrogen-bond acceptors (Lipinski definition) is 4. The van der Waals surface area contributed by atoms with Gasteiger partial charge in [0.15, 0.2) is 5.76 Å². The molecule has 0 radical (unpaired) electrons. The number of rotatable bonds is 5. The smallest absolute Gasteiger partial charge is 0.307 e. The van der Waals surface area contributed by atoms with Gasteiger partial charge in [0.1, 0.15) is 17.9 Å². The summed E-state index contributed by atoms with van der Waals surface area (Å²) in [5.74, 6) is 2.83. The first-order valence-corrected chi connectivity index (χ1v) is 8.65. The Morgan fingerprint density at radius 2 is 2.00 bits per heavy atom. The van der Waals surface area contributed by atoms with Crippen molar-refractivity contribution < 1.29 is 13.9 Å². The molecule has 0 spiro atoms. The van der Waals surface area contributed by atoms with Crippen molar-refractivity contribution in [1.29, 1.82) is 0 Å². The molecule has 0 saturated heterocycles. The number of carbonyl (C=O) groups is 1. The third-order valence-electron chi connectivity index (χ3n) is 4.21. The molecule has 5 heteroatoms. The van der Waals surface area contributed by atoms with Crippen LogP contribution >= 0.6 is 0 Å². The summed E-state index contributed by atoms with van der Waals surface area (Å²) in [4.78, 5) is 12.4. The second kappa shape index (κ2) is 7.68. The summed E-state index contributed by atoms with van der Waals surface area (Å²) < 4.78 is 11.0. The van der Waals surface area contributed by atoms with E-state index in [-0.39, 0.29) is 12.4 Å². The Labute approximate surface area is 161 Å². The van der Waals surface area contributed by atoms with Crippen molar-refractivity contribution in [3.05, 3.63) is 78.1 Å². The fourth-order valence-corrected chi connectivity index (χ4v) is 2.93. The number of nitrogens with zero attached hydrogens (tertiary/aromatic N) is 1. The highest BCUT2D eigenvalue weighted by Crippen LogP contribution is 2.28. The van der Waals surface area contributed by atoms with Gasteiger partial charge >= 0.3 is 5.91 Å². The van der Waals surface area contributed by atoms with E-state index in [0.29, 0.717) is 11.3 Å². The van der Waals surface area contributed by atoms with Crippen LogP contribution in [0, 0.1) is 12.3 Å². The molecule has 3 aromatic carbocycles. The molecule has 0 aliphatic rings. The third kappa shape index (κ3) is 3.57. The number of amides is 1. The molecule has 1 aromatic heterocycles. The number of ether oxygens (including phenoxy) is 1.